The van der Waals surface area contributed by atoms with Crippen LogP contribution in [0.25, 0.3) is 6.08 Å². The molecule has 0 saturated carbocycles. The van der Waals surface area contributed by atoms with Gasteiger partial charge in [-0.3, -0.25) is 14.9 Å². The average Bonchev–Trinajstić information content (AvgIpc) is 2.91. The number of ether oxygens (including phenoxy) is 1. The number of nitro benzene ring substituents is 1. The Kier molecular flexibility index (Phi) is 7.98. The van der Waals surface area contributed by atoms with Crippen LogP contribution in [-0.4, -0.2) is 41.9 Å². The molecule has 3 aromatic rings. The van der Waals surface area contributed by atoms with Crippen LogP contribution < -0.4 is 9.64 Å². The van der Waals surface area contributed by atoms with E-state index in [-0.39, 0.29) is 23.8 Å². The summed E-state index contributed by atoms with van der Waals surface area (Å²) in [5.41, 5.74) is 2.71. The van der Waals surface area contributed by atoms with E-state index < -0.39 is 4.92 Å². The quantitative estimate of drug-likeness (QED) is 0.175. The van der Waals surface area contributed by atoms with Gasteiger partial charge in [-0.2, -0.15) is 5.26 Å². The van der Waals surface area contributed by atoms with Gasteiger partial charge in [-0.1, -0.05) is 24.3 Å². The average molecular weight is 547 g/mol. The number of non-ortho nitro benzene ring substituents is 1. The number of nitro groups is 1. The predicted molar refractivity (Wildman–Crippen MR) is 140 cm³/mol. The molecule has 0 atom stereocenters. The Morgan fingerprint density at radius 1 is 1.06 bits per heavy atom. The number of benzene rings is 3. The Labute approximate surface area is 217 Å². The van der Waals surface area contributed by atoms with Gasteiger partial charge in [-0.15, -0.1) is 0 Å². The molecular weight excluding hydrogens is 524 g/mol. The molecule has 8 nitrogen and oxygen atoms in total. The van der Waals surface area contributed by atoms with Gasteiger partial charge in [0.2, 0.25) is 0 Å². The fourth-order valence-electron chi connectivity index (χ4n) is 3.88. The molecular formula is C27H23BrN4O4. The van der Waals surface area contributed by atoms with Crippen LogP contribution in [0.5, 0.6) is 5.75 Å². The van der Waals surface area contributed by atoms with Gasteiger partial charge >= 0.3 is 0 Å². The second-order valence-corrected chi connectivity index (χ2v) is 9.04. The van der Waals surface area contributed by atoms with Crippen molar-refractivity contribution in [2.45, 2.75) is 6.61 Å². The van der Waals surface area contributed by atoms with Crippen molar-refractivity contribution in [2.75, 3.05) is 31.1 Å². The van der Waals surface area contributed by atoms with Crippen LogP contribution in [-0.2, 0) is 11.4 Å². The van der Waals surface area contributed by atoms with Crippen molar-refractivity contribution in [3.05, 3.63) is 104 Å². The lowest BCUT2D eigenvalue weighted by atomic mass is 10.1. The van der Waals surface area contributed by atoms with E-state index >= 15 is 0 Å². The van der Waals surface area contributed by atoms with Gasteiger partial charge < -0.3 is 14.5 Å². The van der Waals surface area contributed by atoms with Crippen molar-refractivity contribution in [3.63, 3.8) is 0 Å². The number of para-hydroxylation sites is 1. The molecule has 1 amide bonds. The Hall–Kier alpha value is -4.16. The Morgan fingerprint density at radius 2 is 1.75 bits per heavy atom. The van der Waals surface area contributed by atoms with Crippen molar-refractivity contribution in [1.82, 2.24) is 4.90 Å². The zero-order chi connectivity index (χ0) is 25.5. The van der Waals surface area contributed by atoms with Gasteiger partial charge in [0.25, 0.3) is 11.6 Å². The summed E-state index contributed by atoms with van der Waals surface area (Å²) in [6.45, 7) is 2.75. The number of halogens is 1. The highest BCUT2D eigenvalue weighted by atomic mass is 79.9. The minimum absolute atomic E-state index is 0.0250. The molecule has 1 heterocycles. The number of carbonyl (C=O) groups excluding carboxylic acids is 1. The lowest BCUT2D eigenvalue weighted by Gasteiger charge is -2.36. The highest BCUT2D eigenvalue weighted by Crippen LogP contribution is 2.28. The predicted octanol–water partition coefficient (Wildman–Crippen LogP) is 5.19. The van der Waals surface area contributed by atoms with Crippen LogP contribution >= 0.6 is 15.9 Å². The summed E-state index contributed by atoms with van der Waals surface area (Å²) in [6.07, 6.45) is 1.58. The van der Waals surface area contributed by atoms with E-state index in [4.69, 9.17) is 4.74 Å². The summed E-state index contributed by atoms with van der Waals surface area (Å²) in [5.74, 6) is 0.298. The zero-order valence-corrected chi connectivity index (χ0v) is 20.9. The highest BCUT2D eigenvalue weighted by molar-refractivity contribution is 9.10. The third-order valence-corrected chi connectivity index (χ3v) is 6.47. The molecule has 9 heteroatoms. The van der Waals surface area contributed by atoms with Crippen LogP contribution in [0.3, 0.4) is 0 Å². The van der Waals surface area contributed by atoms with E-state index in [1.807, 2.05) is 24.3 Å². The number of rotatable bonds is 7. The first-order chi connectivity index (χ1) is 17.4. The maximum Gasteiger partial charge on any atom is 0.269 e. The molecule has 182 valence electrons. The Bertz CT molecular complexity index is 1310. The normalized spacial score (nSPS) is 13.7. The smallest absolute Gasteiger partial charge is 0.269 e. The number of piperazine rings is 1. The van der Waals surface area contributed by atoms with Crippen molar-refractivity contribution in [3.8, 4) is 11.8 Å². The van der Waals surface area contributed by atoms with E-state index in [1.54, 1.807) is 41.3 Å². The molecule has 0 bridgehead atoms. The number of nitrogens with zero attached hydrogens (tertiary/aromatic N) is 4. The zero-order valence-electron chi connectivity index (χ0n) is 19.3. The highest BCUT2D eigenvalue weighted by Gasteiger charge is 2.24. The Balaban J connectivity index is 1.37. The lowest BCUT2D eigenvalue weighted by Crippen LogP contribution is -2.49. The van der Waals surface area contributed by atoms with E-state index in [0.717, 1.165) is 11.3 Å². The summed E-state index contributed by atoms with van der Waals surface area (Å²) in [6, 6.07) is 23.6. The van der Waals surface area contributed by atoms with Crippen LogP contribution in [0.15, 0.2) is 82.8 Å². The fraction of sp³-hybridized carbons (Fsp3) is 0.185. The van der Waals surface area contributed by atoms with Gasteiger partial charge in [0.05, 0.1) is 9.40 Å². The molecule has 36 heavy (non-hydrogen) atoms. The van der Waals surface area contributed by atoms with Crippen molar-refractivity contribution >= 4 is 39.3 Å². The van der Waals surface area contributed by atoms with Crippen molar-refractivity contribution in [1.29, 1.82) is 5.26 Å². The molecule has 1 fully saturated rings. The second-order valence-electron chi connectivity index (χ2n) is 8.19. The molecule has 0 radical (unpaired) electrons. The molecule has 3 aromatic carbocycles. The lowest BCUT2D eigenvalue weighted by molar-refractivity contribution is -0.384. The SMILES string of the molecule is N#C/C(=C/c1ccc(OCc2ccc([N+](=O)[O-])cc2)c(Br)c1)C(=O)N1CCN(c2ccccc2)CC1. The fourth-order valence-corrected chi connectivity index (χ4v) is 4.40. The van der Waals surface area contributed by atoms with Gasteiger partial charge in [0.15, 0.2) is 0 Å². The molecule has 4 rings (SSSR count). The molecule has 0 spiro atoms. The number of anilines is 1. The third-order valence-electron chi connectivity index (χ3n) is 5.85. The van der Waals surface area contributed by atoms with Crippen LogP contribution in [0.4, 0.5) is 11.4 Å². The van der Waals surface area contributed by atoms with Crippen LogP contribution in [0.2, 0.25) is 0 Å². The first-order valence-corrected chi connectivity index (χ1v) is 12.1. The summed E-state index contributed by atoms with van der Waals surface area (Å²) in [5, 5.41) is 20.4. The van der Waals surface area contributed by atoms with E-state index in [2.05, 4.69) is 33.0 Å². The first-order valence-electron chi connectivity index (χ1n) is 11.3. The largest absolute Gasteiger partial charge is 0.488 e. The van der Waals surface area contributed by atoms with Gasteiger partial charge in [0.1, 0.15) is 24.0 Å². The standard InChI is InChI=1S/C27H23BrN4O4/c28-25-17-21(8-11-26(25)36-19-20-6-9-24(10-7-20)32(34)35)16-22(18-29)27(33)31-14-12-30(13-15-31)23-4-2-1-3-5-23/h1-11,16-17H,12-15,19H2/b22-16-. The minimum Gasteiger partial charge on any atom is -0.488 e. The summed E-state index contributed by atoms with van der Waals surface area (Å²) in [7, 11) is 0. The molecule has 1 aliphatic heterocycles. The minimum atomic E-state index is -0.446. The van der Waals surface area contributed by atoms with Gasteiger partial charge in [-0.25, -0.2) is 0 Å². The maximum absolute atomic E-state index is 13.0. The molecule has 0 N–H and O–H groups in total. The summed E-state index contributed by atoms with van der Waals surface area (Å²) >= 11 is 3.48. The topological polar surface area (TPSA) is 99.7 Å². The number of nitriles is 1. The third kappa shape index (κ3) is 6.09. The van der Waals surface area contributed by atoms with Crippen LogP contribution in [0.1, 0.15) is 11.1 Å². The number of hydrogen-bond donors (Lipinski definition) is 0. The van der Waals surface area contributed by atoms with E-state index in [1.165, 1.54) is 12.1 Å². The van der Waals surface area contributed by atoms with Crippen molar-refractivity contribution in [2.24, 2.45) is 0 Å². The summed E-state index contributed by atoms with van der Waals surface area (Å²) in [4.78, 5) is 27.3. The van der Waals surface area contributed by atoms with Crippen LogP contribution in [0, 0.1) is 21.4 Å². The van der Waals surface area contributed by atoms with E-state index in [9.17, 15) is 20.2 Å². The maximum atomic E-state index is 13.0. The van der Waals surface area contributed by atoms with E-state index in [0.29, 0.717) is 42.0 Å². The summed E-state index contributed by atoms with van der Waals surface area (Å²) < 4.78 is 6.48. The second kappa shape index (κ2) is 11.5. The molecule has 1 aliphatic rings. The number of amides is 1. The Morgan fingerprint density at radius 3 is 2.36 bits per heavy atom. The molecule has 0 unspecified atom stereocenters. The van der Waals surface area contributed by atoms with Gasteiger partial charge in [-0.05, 0) is 69.5 Å². The molecule has 0 aliphatic carbocycles. The first kappa shape index (κ1) is 24.9. The number of carbonyl (C=O) groups is 1. The van der Waals surface area contributed by atoms with Gasteiger partial charge in [0, 0.05) is 44.0 Å². The molecule has 1 saturated heterocycles. The number of hydrogen-bond acceptors (Lipinski definition) is 6. The van der Waals surface area contributed by atoms with Crippen molar-refractivity contribution < 1.29 is 14.5 Å². The molecule has 0 aromatic heterocycles. The monoisotopic (exact) mass is 546 g/mol.